The molecule has 1 saturated heterocycles. The second-order valence-electron chi connectivity index (χ2n) is 5.66. The van der Waals surface area contributed by atoms with Crippen LogP contribution in [0.15, 0.2) is 24.3 Å². The monoisotopic (exact) mass is 274 g/mol. The number of carbonyl (C=O) groups excluding carboxylic acids is 2. The molecule has 108 valence electrons. The van der Waals surface area contributed by atoms with Crippen molar-refractivity contribution in [2.24, 2.45) is 5.92 Å². The van der Waals surface area contributed by atoms with E-state index in [-0.39, 0.29) is 11.7 Å². The number of amides is 1. The maximum atomic E-state index is 12.0. The Balaban J connectivity index is 1.86. The van der Waals surface area contributed by atoms with Gasteiger partial charge in [-0.3, -0.25) is 14.5 Å². The van der Waals surface area contributed by atoms with Gasteiger partial charge in [0.2, 0.25) is 5.91 Å². The molecule has 4 nitrogen and oxygen atoms in total. The van der Waals surface area contributed by atoms with Crippen molar-refractivity contribution < 1.29 is 9.59 Å². The van der Waals surface area contributed by atoms with Gasteiger partial charge in [-0.15, -0.1) is 0 Å². The maximum absolute atomic E-state index is 12.0. The van der Waals surface area contributed by atoms with Gasteiger partial charge in [0.25, 0.3) is 0 Å². The van der Waals surface area contributed by atoms with Crippen LogP contribution in [-0.2, 0) is 4.79 Å². The van der Waals surface area contributed by atoms with Gasteiger partial charge in [-0.2, -0.15) is 0 Å². The fourth-order valence-electron chi connectivity index (χ4n) is 2.62. The number of benzene rings is 1. The number of carbonyl (C=O) groups is 2. The quantitative estimate of drug-likeness (QED) is 0.858. The molecule has 0 radical (unpaired) electrons. The topological polar surface area (TPSA) is 49.4 Å². The number of rotatable bonds is 4. The zero-order valence-electron chi connectivity index (χ0n) is 12.2. The lowest BCUT2D eigenvalue weighted by molar-refractivity contribution is -0.117. The number of hydrogen-bond acceptors (Lipinski definition) is 3. The highest BCUT2D eigenvalue weighted by molar-refractivity contribution is 5.96. The van der Waals surface area contributed by atoms with E-state index < -0.39 is 0 Å². The van der Waals surface area contributed by atoms with Crippen molar-refractivity contribution in [2.45, 2.75) is 26.7 Å². The van der Waals surface area contributed by atoms with E-state index in [0.717, 1.165) is 18.8 Å². The Labute approximate surface area is 120 Å². The first kappa shape index (κ1) is 14.7. The summed E-state index contributed by atoms with van der Waals surface area (Å²) in [5.41, 5.74) is 1.40. The van der Waals surface area contributed by atoms with Crippen LogP contribution in [0.2, 0.25) is 0 Å². The van der Waals surface area contributed by atoms with Gasteiger partial charge in [-0.1, -0.05) is 6.92 Å². The standard InChI is InChI=1S/C16H22N2O2/c1-12-4-3-9-18(10-12)11-16(20)17-15-7-5-14(6-8-15)13(2)19/h5-8,12H,3-4,9-11H2,1-2H3,(H,17,20). The molecular formula is C16H22N2O2. The molecular weight excluding hydrogens is 252 g/mol. The molecule has 1 aliphatic rings. The van der Waals surface area contributed by atoms with Crippen molar-refractivity contribution in [3.63, 3.8) is 0 Å². The van der Waals surface area contributed by atoms with Crippen LogP contribution in [0.25, 0.3) is 0 Å². The molecule has 1 aromatic rings. The second-order valence-corrected chi connectivity index (χ2v) is 5.66. The summed E-state index contributed by atoms with van der Waals surface area (Å²) in [6, 6.07) is 7.02. The lowest BCUT2D eigenvalue weighted by Gasteiger charge is -2.30. The van der Waals surface area contributed by atoms with Gasteiger partial charge in [0.05, 0.1) is 6.54 Å². The van der Waals surface area contributed by atoms with Crippen LogP contribution in [0.5, 0.6) is 0 Å². The van der Waals surface area contributed by atoms with Gasteiger partial charge in [0.1, 0.15) is 0 Å². The van der Waals surface area contributed by atoms with Crippen molar-refractivity contribution >= 4 is 17.4 Å². The first-order valence-corrected chi connectivity index (χ1v) is 7.18. The molecule has 1 aliphatic heterocycles. The summed E-state index contributed by atoms with van der Waals surface area (Å²) in [5.74, 6) is 0.714. The summed E-state index contributed by atoms with van der Waals surface area (Å²) in [5, 5.41) is 2.88. The van der Waals surface area contributed by atoms with E-state index >= 15 is 0 Å². The number of anilines is 1. The zero-order chi connectivity index (χ0) is 14.5. The van der Waals surface area contributed by atoms with Crippen molar-refractivity contribution in [1.82, 2.24) is 4.90 Å². The number of piperidine rings is 1. The number of Topliss-reactive ketones (excluding diaryl/α,β-unsaturated/α-hetero) is 1. The van der Waals surface area contributed by atoms with E-state index in [0.29, 0.717) is 18.0 Å². The molecule has 1 amide bonds. The summed E-state index contributed by atoms with van der Waals surface area (Å²) in [6.07, 6.45) is 2.42. The fraction of sp³-hybridized carbons (Fsp3) is 0.500. The molecule has 1 N–H and O–H groups in total. The third-order valence-corrected chi connectivity index (χ3v) is 3.68. The number of hydrogen-bond donors (Lipinski definition) is 1. The largest absolute Gasteiger partial charge is 0.325 e. The molecule has 0 aromatic heterocycles. The molecule has 1 unspecified atom stereocenters. The minimum absolute atomic E-state index is 0.00896. The van der Waals surface area contributed by atoms with Crippen molar-refractivity contribution in [1.29, 1.82) is 0 Å². The summed E-state index contributed by atoms with van der Waals surface area (Å²) in [7, 11) is 0. The van der Waals surface area contributed by atoms with Crippen LogP contribution in [0.3, 0.4) is 0 Å². The predicted octanol–water partition coefficient (Wildman–Crippen LogP) is 2.56. The van der Waals surface area contributed by atoms with Gasteiger partial charge in [0.15, 0.2) is 5.78 Å². The molecule has 20 heavy (non-hydrogen) atoms. The van der Waals surface area contributed by atoms with Crippen molar-refractivity contribution in [3.05, 3.63) is 29.8 Å². The number of ketones is 1. The molecule has 1 fully saturated rings. The minimum Gasteiger partial charge on any atom is -0.325 e. The van der Waals surface area contributed by atoms with E-state index in [1.165, 1.54) is 19.8 Å². The first-order chi connectivity index (χ1) is 9.54. The average Bonchev–Trinajstić information content (AvgIpc) is 2.39. The Morgan fingerprint density at radius 1 is 1.30 bits per heavy atom. The van der Waals surface area contributed by atoms with Crippen molar-refractivity contribution in [3.8, 4) is 0 Å². The highest BCUT2D eigenvalue weighted by atomic mass is 16.2. The normalized spacial score (nSPS) is 19.6. The van der Waals surface area contributed by atoms with Gasteiger partial charge < -0.3 is 5.32 Å². The molecule has 0 spiro atoms. The van der Waals surface area contributed by atoms with Crippen molar-refractivity contribution in [2.75, 3.05) is 25.0 Å². The van der Waals surface area contributed by atoms with E-state index in [2.05, 4.69) is 17.1 Å². The second kappa shape index (κ2) is 6.66. The summed E-state index contributed by atoms with van der Waals surface area (Å²) >= 11 is 0. The number of nitrogens with zero attached hydrogens (tertiary/aromatic N) is 1. The predicted molar refractivity (Wildman–Crippen MR) is 79.9 cm³/mol. The van der Waals surface area contributed by atoms with Gasteiger partial charge >= 0.3 is 0 Å². The van der Waals surface area contributed by atoms with Crippen LogP contribution >= 0.6 is 0 Å². The van der Waals surface area contributed by atoms with Crippen LogP contribution in [-0.4, -0.2) is 36.2 Å². The SMILES string of the molecule is CC(=O)c1ccc(NC(=O)CN2CCCC(C)C2)cc1. The third-order valence-electron chi connectivity index (χ3n) is 3.68. The lowest BCUT2D eigenvalue weighted by atomic mass is 10.0. The first-order valence-electron chi connectivity index (χ1n) is 7.18. The fourth-order valence-corrected chi connectivity index (χ4v) is 2.62. The highest BCUT2D eigenvalue weighted by Crippen LogP contribution is 2.15. The van der Waals surface area contributed by atoms with Gasteiger partial charge in [-0.05, 0) is 56.5 Å². The third kappa shape index (κ3) is 4.17. The van der Waals surface area contributed by atoms with E-state index in [1.807, 2.05) is 0 Å². The average molecular weight is 274 g/mol. The Kier molecular flexibility index (Phi) is 4.90. The number of likely N-dealkylation sites (tertiary alicyclic amines) is 1. The lowest BCUT2D eigenvalue weighted by Crippen LogP contribution is -2.39. The van der Waals surface area contributed by atoms with Gasteiger partial charge in [0, 0.05) is 17.8 Å². The smallest absolute Gasteiger partial charge is 0.238 e. The highest BCUT2D eigenvalue weighted by Gasteiger charge is 2.18. The van der Waals surface area contributed by atoms with E-state index in [9.17, 15) is 9.59 Å². The molecule has 1 atom stereocenters. The summed E-state index contributed by atoms with van der Waals surface area (Å²) in [4.78, 5) is 25.4. The minimum atomic E-state index is 0.00896. The molecule has 4 heteroatoms. The molecule has 2 rings (SSSR count). The van der Waals surface area contributed by atoms with E-state index in [1.54, 1.807) is 24.3 Å². The molecule has 1 aromatic carbocycles. The van der Waals surface area contributed by atoms with Gasteiger partial charge in [-0.25, -0.2) is 0 Å². The molecule has 0 saturated carbocycles. The van der Waals surface area contributed by atoms with Crippen LogP contribution in [0.1, 0.15) is 37.0 Å². The Hall–Kier alpha value is -1.68. The Morgan fingerprint density at radius 2 is 2.00 bits per heavy atom. The Bertz CT molecular complexity index is 482. The zero-order valence-corrected chi connectivity index (χ0v) is 12.2. The Morgan fingerprint density at radius 3 is 2.60 bits per heavy atom. The van der Waals surface area contributed by atoms with Crippen LogP contribution in [0, 0.1) is 5.92 Å². The molecule has 1 heterocycles. The summed E-state index contributed by atoms with van der Waals surface area (Å²) in [6.45, 7) is 6.20. The number of nitrogens with one attached hydrogen (secondary N) is 1. The molecule has 0 bridgehead atoms. The summed E-state index contributed by atoms with van der Waals surface area (Å²) < 4.78 is 0. The molecule has 0 aliphatic carbocycles. The maximum Gasteiger partial charge on any atom is 0.238 e. The van der Waals surface area contributed by atoms with E-state index in [4.69, 9.17) is 0 Å². The van der Waals surface area contributed by atoms with Crippen LogP contribution in [0.4, 0.5) is 5.69 Å². The van der Waals surface area contributed by atoms with Crippen LogP contribution < -0.4 is 5.32 Å².